The number of rotatable bonds is 4. The van der Waals surface area contributed by atoms with Crippen molar-refractivity contribution in [2.75, 3.05) is 27.3 Å². The fourth-order valence-corrected chi connectivity index (χ4v) is 3.66. The minimum Gasteiger partial charge on any atom is -0.497 e. The molecule has 1 fully saturated rings. The Labute approximate surface area is 158 Å². The van der Waals surface area contributed by atoms with Gasteiger partial charge in [0.1, 0.15) is 17.3 Å². The molecule has 1 amide bonds. The van der Waals surface area contributed by atoms with E-state index in [4.69, 9.17) is 14.5 Å². The molecule has 1 N–H and O–H groups in total. The van der Waals surface area contributed by atoms with Gasteiger partial charge in [-0.3, -0.25) is 4.79 Å². The second kappa shape index (κ2) is 7.31. The molecule has 0 bridgehead atoms. The van der Waals surface area contributed by atoms with Crippen molar-refractivity contribution in [3.05, 3.63) is 53.9 Å². The summed E-state index contributed by atoms with van der Waals surface area (Å²) in [5, 5.41) is 0. The molecule has 0 unspecified atom stereocenters. The zero-order chi connectivity index (χ0) is 18.8. The van der Waals surface area contributed by atoms with Crippen LogP contribution in [0.4, 0.5) is 0 Å². The number of piperidine rings is 1. The second-order valence-electron chi connectivity index (χ2n) is 6.83. The number of amides is 1. The van der Waals surface area contributed by atoms with Gasteiger partial charge in [0.15, 0.2) is 0 Å². The normalized spacial score (nSPS) is 17.1. The topological polar surface area (TPSA) is 67.5 Å². The highest BCUT2D eigenvalue weighted by Crippen LogP contribution is 2.29. The largest absolute Gasteiger partial charge is 0.497 e. The SMILES string of the molecule is COc1cc(OC)cc(C(=O)N2CCC[C@H](c3nc4ccccc4[nH]3)C2)c1. The number of nitrogens with one attached hydrogen (secondary N) is 1. The maximum atomic E-state index is 13.1. The Bertz CT molecular complexity index is 911. The van der Waals surface area contributed by atoms with E-state index in [9.17, 15) is 4.79 Å². The van der Waals surface area contributed by atoms with Gasteiger partial charge in [-0.15, -0.1) is 0 Å². The predicted octanol–water partition coefficient (Wildman–Crippen LogP) is 3.60. The summed E-state index contributed by atoms with van der Waals surface area (Å²) < 4.78 is 10.6. The van der Waals surface area contributed by atoms with Crippen LogP contribution in [0.3, 0.4) is 0 Å². The van der Waals surface area contributed by atoms with E-state index in [1.165, 1.54) is 0 Å². The number of carbonyl (C=O) groups excluding carboxylic acids is 1. The molecule has 1 atom stereocenters. The first-order chi connectivity index (χ1) is 13.2. The minimum absolute atomic E-state index is 0.00647. The molecular formula is C21H23N3O3. The van der Waals surface area contributed by atoms with Crippen molar-refractivity contribution in [2.24, 2.45) is 0 Å². The third-order valence-corrected chi connectivity index (χ3v) is 5.10. The number of aromatic amines is 1. The highest BCUT2D eigenvalue weighted by molar-refractivity contribution is 5.95. The zero-order valence-electron chi connectivity index (χ0n) is 15.6. The van der Waals surface area contributed by atoms with Crippen molar-refractivity contribution in [3.63, 3.8) is 0 Å². The van der Waals surface area contributed by atoms with Gasteiger partial charge in [-0.1, -0.05) is 12.1 Å². The number of carbonyl (C=O) groups is 1. The van der Waals surface area contributed by atoms with E-state index in [-0.39, 0.29) is 11.8 Å². The van der Waals surface area contributed by atoms with Crippen LogP contribution in [-0.2, 0) is 0 Å². The first-order valence-corrected chi connectivity index (χ1v) is 9.15. The second-order valence-corrected chi connectivity index (χ2v) is 6.83. The standard InChI is InChI=1S/C21H23N3O3/c1-26-16-10-15(11-17(12-16)27-2)21(25)24-9-5-6-14(13-24)20-22-18-7-3-4-8-19(18)23-20/h3-4,7-8,10-12,14H,5-6,9,13H2,1-2H3,(H,22,23)/t14-/m0/s1. The molecule has 0 aliphatic carbocycles. The summed E-state index contributed by atoms with van der Waals surface area (Å²) in [4.78, 5) is 23.1. The van der Waals surface area contributed by atoms with Crippen molar-refractivity contribution >= 4 is 16.9 Å². The third kappa shape index (κ3) is 3.47. The van der Waals surface area contributed by atoms with Crippen LogP contribution in [0, 0.1) is 0 Å². The van der Waals surface area contributed by atoms with Gasteiger partial charge < -0.3 is 19.4 Å². The number of aromatic nitrogens is 2. The van der Waals surface area contributed by atoms with Gasteiger partial charge in [0, 0.05) is 30.6 Å². The molecule has 1 aromatic heterocycles. The van der Waals surface area contributed by atoms with Crippen LogP contribution in [0.1, 0.15) is 34.9 Å². The summed E-state index contributed by atoms with van der Waals surface area (Å²) >= 11 is 0. The van der Waals surface area contributed by atoms with E-state index < -0.39 is 0 Å². The van der Waals surface area contributed by atoms with Crippen molar-refractivity contribution in [1.82, 2.24) is 14.9 Å². The van der Waals surface area contributed by atoms with Crippen LogP contribution in [0.5, 0.6) is 11.5 Å². The van der Waals surface area contributed by atoms with Gasteiger partial charge in [0.2, 0.25) is 0 Å². The Morgan fingerprint density at radius 3 is 2.59 bits per heavy atom. The first kappa shape index (κ1) is 17.4. The average molecular weight is 365 g/mol. The van der Waals surface area contributed by atoms with Gasteiger partial charge >= 0.3 is 0 Å². The van der Waals surface area contributed by atoms with Crippen molar-refractivity contribution in [1.29, 1.82) is 0 Å². The molecule has 6 nitrogen and oxygen atoms in total. The lowest BCUT2D eigenvalue weighted by molar-refractivity contribution is 0.0704. The van der Waals surface area contributed by atoms with Crippen molar-refractivity contribution in [2.45, 2.75) is 18.8 Å². The average Bonchev–Trinajstić information content (AvgIpc) is 3.17. The summed E-state index contributed by atoms with van der Waals surface area (Å²) in [5.74, 6) is 2.39. The lowest BCUT2D eigenvalue weighted by Crippen LogP contribution is -2.39. The molecule has 2 heterocycles. The molecule has 27 heavy (non-hydrogen) atoms. The number of methoxy groups -OCH3 is 2. The lowest BCUT2D eigenvalue weighted by Gasteiger charge is -2.32. The molecule has 3 aromatic rings. The zero-order valence-corrected chi connectivity index (χ0v) is 15.6. The molecule has 1 aliphatic rings. The molecule has 4 rings (SSSR count). The minimum atomic E-state index is -0.00647. The Balaban J connectivity index is 1.56. The highest BCUT2D eigenvalue weighted by Gasteiger charge is 2.28. The fraction of sp³-hybridized carbons (Fsp3) is 0.333. The molecule has 1 aliphatic heterocycles. The maximum Gasteiger partial charge on any atom is 0.254 e. The van der Waals surface area contributed by atoms with E-state index in [1.54, 1.807) is 32.4 Å². The number of hydrogen-bond donors (Lipinski definition) is 1. The Morgan fingerprint density at radius 2 is 1.89 bits per heavy atom. The quantitative estimate of drug-likeness (QED) is 0.767. The molecule has 0 spiro atoms. The number of fused-ring (bicyclic) bond motifs is 1. The van der Waals surface area contributed by atoms with Crippen molar-refractivity contribution < 1.29 is 14.3 Å². The monoisotopic (exact) mass is 365 g/mol. The van der Waals surface area contributed by atoms with E-state index in [2.05, 4.69) is 4.98 Å². The lowest BCUT2D eigenvalue weighted by atomic mass is 9.96. The fourth-order valence-electron chi connectivity index (χ4n) is 3.66. The van der Waals surface area contributed by atoms with Gasteiger partial charge in [-0.2, -0.15) is 0 Å². The summed E-state index contributed by atoms with van der Waals surface area (Å²) in [6.45, 7) is 1.40. The van der Waals surface area contributed by atoms with E-state index in [0.717, 1.165) is 36.2 Å². The van der Waals surface area contributed by atoms with Crippen LogP contribution < -0.4 is 9.47 Å². The van der Waals surface area contributed by atoms with Gasteiger partial charge in [0.25, 0.3) is 5.91 Å². The number of benzene rings is 2. The number of hydrogen-bond acceptors (Lipinski definition) is 4. The van der Waals surface area contributed by atoms with Gasteiger partial charge in [-0.25, -0.2) is 4.98 Å². The predicted molar refractivity (Wildman–Crippen MR) is 104 cm³/mol. The molecular weight excluding hydrogens is 342 g/mol. The molecule has 1 saturated heterocycles. The van der Waals surface area contributed by atoms with E-state index >= 15 is 0 Å². The molecule has 2 aromatic carbocycles. The smallest absolute Gasteiger partial charge is 0.254 e. The maximum absolute atomic E-state index is 13.1. The third-order valence-electron chi connectivity index (χ3n) is 5.10. The van der Waals surface area contributed by atoms with Crippen LogP contribution in [0.2, 0.25) is 0 Å². The molecule has 0 saturated carbocycles. The summed E-state index contributed by atoms with van der Waals surface area (Å²) in [7, 11) is 3.17. The van der Waals surface area contributed by atoms with Gasteiger partial charge in [0.05, 0.1) is 25.3 Å². The van der Waals surface area contributed by atoms with Crippen LogP contribution in [0.25, 0.3) is 11.0 Å². The molecule has 140 valence electrons. The Kier molecular flexibility index (Phi) is 4.71. The van der Waals surface area contributed by atoms with E-state index in [0.29, 0.717) is 23.6 Å². The highest BCUT2D eigenvalue weighted by atomic mass is 16.5. The first-order valence-electron chi connectivity index (χ1n) is 9.15. The molecule has 6 heteroatoms. The number of H-pyrrole nitrogens is 1. The van der Waals surface area contributed by atoms with Crippen molar-refractivity contribution in [3.8, 4) is 11.5 Å². The molecule has 0 radical (unpaired) electrons. The van der Waals surface area contributed by atoms with Crippen LogP contribution in [0.15, 0.2) is 42.5 Å². The number of nitrogens with zero attached hydrogens (tertiary/aromatic N) is 2. The summed E-state index contributed by atoms with van der Waals surface area (Å²) in [5.41, 5.74) is 2.58. The van der Waals surface area contributed by atoms with Crippen LogP contribution >= 0.6 is 0 Å². The number of ether oxygens (including phenoxy) is 2. The number of para-hydroxylation sites is 2. The Hall–Kier alpha value is -3.02. The number of imidazole rings is 1. The summed E-state index contributed by atoms with van der Waals surface area (Å²) in [6.07, 6.45) is 1.97. The number of likely N-dealkylation sites (tertiary alicyclic amines) is 1. The van der Waals surface area contributed by atoms with Gasteiger partial charge in [-0.05, 0) is 37.1 Å². The summed E-state index contributed by atoms with van der Waals surface area (Å²) in [6, 6.07) is 13.3. The Morgan fingerprint density at radius 1 is 1.15 bits per heavy atom. The van der Waals surface area contributed by atoms with Crippen LogP contribution in [-0.4, -0.2) is 48.1 Å². The van der Waals surface area contributed by atoms with E-state index in [1.807, 2.05) is 29.2 Å².